The molecule has 2 rings (SSSR count). The van der Waals surface area contributed by atoms with Crippen molar-refractivity contribution in [2.24, 2.45) is 0 Å². The van der Waals surface area contributed by atoms with E-state index < -0.39 is 18.2 Å². The molecule has 0 unspecified atom stereocenters. The van der Waals surface area contributed by atoms with Crippen LogP contribution in [0.3, 0.4) is 0 Å². The number of hydrogen-bond acceptors (Lipinski definition) is 4. The zero-order chi connectivity index (χ0) is 14.9. The van der Waals surface area contributed by atoms with Crippen LogP contribution < -0.4 is 0 Å². The number of carbonyl (C=O) groups is 2. The van der Waals surface area contributed by atoms with E-state index in [-0.39, 0.29) is 34.9 Å². The average Bonchev–Trinajstić information content (AvgIpc) is 2.35. The molecule has 0 atom stereocenters. The Labute approximate surface area is 125 Å². The molecule has 1 N–H and O–H groups in total. The molecule has 1 amide bonds. The first kappa shape index (κ1) is 15.0. The van der Waals surface area contributed by atoms with Crippen LogP contribution in [0.2, 0.25) is 10.2 Å². The molecule has 0 spiro atoms. The van der Waals surface area contributed by atoms with Crippen molar-refractivity contribution in [3.63, 3.8) is 0 Å². The molecule has 1 aromatic rings. The van der Waals surface area contributed by atoms with E-state index in [0.717, 1.165) is 0 Å². The van der Waals surface area contributed by atoms with Crippen LogP contribution in [-0.2, 0) is 9.53 Å². The normalized spacial score (nSPS) is 16.6. The number of rotatable bonds is 4. The van der Waals surface area contributed by atoms with Gasteiger partial charge in [0.15, 0.2) is 0 Å². The van der Waals surface area contributed by atoms with E-state index in [9.17, 15) is 9.59 Å². The lowest BCUT2D eigenvalue weighted by Crippen LogP contribution is -2.63. The maximum absolute atomic E-state index is 12.2. The van der Waals surface area contributed by atoms with Gasteiger partial charge in [0.2, 0.25) is 0 Å². The Morgan fingerprint density at radius 3 is 2.70 bits per heavy atom. The maximum atomic E-state index is 12.2. The standard InChI is InChI=1S/C12H12Cl2N2O4/c1-12(20-4-9(17)18)5-16(6-12)11(19)10-7(13)2-3-8(14)15-10/h2-3H,4-6H2,1H3,(H,17,18). The number of pyridine rings is 1. The van der Waals surface area contributed by atoms with Crippen molar-refractivity contribution in [1.29, 1.82) is 0 Å². The largest absolute Gasteiger partial charge is 0.480 e. The summed E-state index contributed by atoms with van der Waals surface area (Å²) in [5, 5.41) is 8.97. The molecule has 1 aromatic heterocycles. The van der Waals surface area contributed by atoms with Gasteiger partial charge in [-0.25, -0.2) is 9.78 Å². The van der Waals surface area contributed by atoms with Gasteiger partial charge in [-0.1, -0.05) is 23.2 Å². The van der Waals surface area contributed by atoms with Crippen LogP contribution in [0.15, 0.2) is 12.1 Å². The fourth-order valence-corrected chi connectivity index (χ4v) is 2.28. The Balaban J connectivity index is 2.00. The van der Waals surface area contributed by atoms with Crippen LogP contribution >= 0.6 is 23.2 Å². The first-order chi connectivity index (χ1) is 9.31. The highest BCUT2D eigenvalue weighted by Gasteiger charge is 2.43. The van der Waals surface area contributed by atoms with Gasteiger partial charge in [0.25, 0.3) is 5.91 Å². The molecule has 0 radical (unpaired) electrons. The lowest BCUT2D eigenvalue weighted by molar-refractivity contribution is -0.159. The van der Waals surface area contributed by atoms with Crippen LogP contribution in [0.5, 0.6) is 0 Å². The van der Waals surface area contributed by atoms with Crippen molar-refractivity contribution in [3.05, 3.63) is 28.0 Å². The second-order valence-electron chi connectivity index (χ2n) is 4.76. The Morgan fingerprint density at radius 2 is 2.10 bits per heavy atom. The van der Waals surface area contributed by atoms with Crippen molar-refractivity contribution in [1.82, 2.24) is 9.88 Å². The summed E-state index contributed by atoms with van der Waals surface area (Å²) < 4.78 is 5.22. The van der Waals surface area contributed by atoms with Gasteiger partial charge in [-0.05, 0) is 19.1 Å². The maximum Gasteiger partial charge on any atom is 0.329 e. The number of carbonyl (C=O) groups excluding carboxylic acids is 1. The van der Waals surface area contributed by atoms with Crippen molar-refractivity contribution < 1.29 is 19.4 Å². The van der Waals surface area contributed by atoms with Crippen LogP contribution in [-0.4, -0.2) is 52.2 Å². The molecule has 2 heterocycles. The van der Waals surface area contributed by atoms with E-state index in [2.05, 4.69) is 4.98 Å². The Bertz CT molecular complexity index is 558. The summed E-state index contributed by atoms with van der Waals surface area (Å²) in [5.74, 6) is -1.40. The SMILES string of the molecule is CC1(OCC(=O)O)CN(C(=O)c2nc(Cl)ccc2Cl)C1. The third-order valence-corrected chi connectivity index (χ3v) is 3.41. The number of halogens is 2. The zero-order valence-corrected chi connectivity index (χ0v) is 12.1. The van der Waals surface area contributed by atoms with Gasteiger partial charge in [-0.2, -0.15) is 0 Å². The van der Waals surface area contributed by atoms with Crippen LogP contribution in [0.25, 0.3) is 0 Å². The number of aliphatic carboxylic acids is 1. The number of amides is 1. The number of carboxylic acids is 1. The quantitative estimate of drug-likeness (QED) is 0.855. The molecule has 1 aliphatic rings. The first-order valence-corrected chi connectivity index (χ1v) is 6.53. The average molecular weight is 319 g/mol. The molecular formula is C12H12Cl2N2O4. The van der Waals surface area contributed by atoms with Gasteiger partial charge in [0.1, 0.15) is 23.1 Å². The van der Waals surface area contributed by atoms with Crippen molar-refractivity contribution >= 4 is 35.1 Å². The molecule has 0 aromatic carbocycles. The van der Waals surface area contributed by atoms with Gasteiger partial charge in [-0.15, -0.1) is 0 Å². The predicted molar refractivity (Wildman–Crippen MR) is 72.2 cm³/mol. The van der Waals surface area contributed by atoms with E-state index in [1.165, 1.54) is 17.0 Å². The minimum atomic E-state index is -1.05. The molecule has 1 aliphatic heterocycles. The van der Waals surface area contributed by atoms with Gasteiger partial charge in [0.05, 0.1) is 18.1 Å². The highest BCUT2D eigenvalue weighted by Crippen LogP contribution is 2.28. The minimum absolute atomic E-state index is 0.0828. The summed E-state index contributed by atoms with van der Waals surface area (Å²) in [5.41, 5.74) is -0.571. The number of carboxylic acid groups (broad SMARTS) is 1. The molecule has 0 bridgehead atoms. The number of ether oxygens (including phenoxy) is 1. The molecule has 20 heavy (non-hydrogen) atoms. The summed E-state index contributed by atoms with van der Waals surface area (Å²) in [4.78, 5) is 28.0. The third kappa shape index (κ3) is 3.20. The van der Waals surface area contributed by atoms with Gasteiger partial charge >= 0.3 is 5.97 Å². The Kier molecular flexibility index (Phi) is 4.17. The van der Waals surface area contributed by atoms with Gasteiger partial charge in [0, 0.05) is 0 Å². The lowest BCUT2D eigenvalue weighted by atomic mass is 9.96. The molecule has 1 fully saturated rings. The summed E-state index contributed by atoms with van der Waals surface area (Å²) in [6, 6.07) is 3.00. The topological polar surface area (TPSA) is 79.7 Å². The molecule has 0 saturated carbocycles. The highest BCUT2D eigenvalue weighted by atomic mass is 35.5. The zero-order valence-electron chi connectivity index (χ0n) is 10.6. The van der Waals surface area contributed by atoms with Crippen molar-refractivity contribution in [2.45, 2.75) is 12.5 Å². The summed E-state index contributed by atoms with van der Waals surface area (Å²) >= 11 is 11.6. The summed E-state index contributed by atoms with van der Waals surface area (Å²) in [6.07, 6.45) is 0. The highest BCUT2D eigenvalue weighted by molar-refractivity contribution is 6.34. The first-order valence-electron chi connectivity index (χ1n) is 5.78. The number of hydrogen-bond donors (Lipinski definition) is 1. The predicted octanol–water partition coefficient (Wildman–Crippen LogP) is 1.70. The van der Waals surface area contributed by atoms with E-state index in [1.54, 1.807) is 6.92 Å². The number of aromatic nitrogens is 1. The van der Waals surface area contributed by atoms with Crippen molar-refractivity contribution in [2.75, 3.05) is 19.7 Å². The minimum Gasteiger partial charge on any atom is -0.480 e. The lowest BCUT2D eigenvalue weighted by Gasteiger charge is -2.47. The smallest absolute Gasteiger partial charge is 0.329 e. The van der Waals surface area contributed by atoms with Crippen LogP contribution in [0, 0.1) is 0 Å². The number of nitrogens with zero attached hydrogens (tertiary/aromatic N) is 2. The summed E-state index contributed by atoms with van der Waals surface area (Å²) in [7, 11) is 0. The Hall–Kier alpha value is -1.37. The Morgan fingerprint density at radius 1 is 1.45 bits per heavy atom. The molecule has 0 aliphatic carbocycles. The third-order valence-electron chi connectivity index (χ3n) is 2.90. The van der Waals surface area contributed by atoms with E-state index in [1.807, 2.05) is 0 Å². The second kappa shape index (κ2) is 5.55. The molecule has 1 saturated heterocycles. The molecular weight excluding hydrogens is 307 g/mol. The van der Waals surface area contributed by atoms with Crippen LogP contribution in [0.1, 0.15) is 17.4 Å². The molecule has 8 heteroatoms. The van der Waals surface area contributed by atoms with Gasteiger partial charge in [-0.3, -0.25) is 4.79 Å². The van der Waals surface area contributed by atoms with Crippen molar-refractivity contribution in [3.8, 4) is 0 Å². The summed E-state index contributed by atoms with van der Waals surface area (Å²) in [6.45, 7) is 1.91. The van der Waals surface area contributed by atoms with Gasteiger partial charge < -0.3 is 14.7 Å². The second-order valence-corrected chi connectivity index (χ2v) is 5.55. The molecule has 6 nitrogen and oxygen atoms in total. The van der Waals surface area contributed by atoms with E-state index >= 15 is 0 Å². The van der Waals surface area contributed by atoms with E-state index in [4.69, 9.17) is 33.0 Å². The fourth-order valence-electron chi connectivity index (χ4n) is 1.95. The monoisotopic (exact) mass is 318 g/mol. The fraction of sp³-hybridized carbons (Fsp3) is 0.417. The van der Waals surface area contributed by atoms with Crippen LogP contribution in [0.4, 0.5) is 0 Å². The molecule has 108 valence electrons. The number of likely N-dealkylation sites (tertiary alicyclic amines) is 1. The van der Waals surface area contributed by atoms with E-state index in [0.29, 0.717) is 0 Å².